The fourth-order valence-corrected chi connectivity index (χ4v) is 2.20. The number of halogens is 3. The number of carbonyl (C=O) groups excluding carboxylic acids is 1. The van der Waals surface area contributed by atoms with Crippen molar-refractivity contribution >= 4 is 11.6 Å². The number of hydrogen-bond donors (Lipinski definition) is 2. The number of hydrazine groups is 1. The number of carbonyl (C=O) groups is 1. The van der Waals surface area contributed by atoms with Crippen LogP contribution in [-0.4, -0.2) is 12.7 Å². The summed E-state index contributed by atoms with van der Waals surface area (Å²) < 4.78 is 48.5. The molecule has 0 unspecified atom stereocenters. The van der Waals surface area contributed by atoms with Crippen molar-refractivity contribution in [1.82, 2.24) is 10.9 Å². The van der Waals surface area contributed by atoms with Gasteiger partial charge in [0.15, 0.2) is 11.5 Å². The summed E-state index contributed by atoms with van der Waals surface area (Å²) in [5, 5.41) is 0. The maximum atomic E-state index is 12.7. The zero-order chi connectivity index (χ0) is 18.0. The summed E-state index contributed by atoms with van der Waals surface area (Å²) >= 11 is 0. The maximum absolute atomic E-state index is 12.7. The Morgan fingerprint density at radius 2 is 1.76 bits per heavy atom. The van der Waals surface area contributed by atoms with E-state index in [1.54, 1.807) is 6.07 Å². The van der Waals surface area contributed by atoms with Crippen molar-refractivity contribution in [1.29, 1.82) is 0 Å². The number of ether oxygens (including phenoxy) is 2. The Balaban J connectivity index is 1.65. The molecule has 2 aromatic carbocycles. The zero-order valence-corrected chi connectivity index (χ0v) is 12.8. The van der Waals surface area contributed by atoms with Crippen LogP contribution in [-0.2, 0) is 6.18 Å². The molecule has 0 spiro atoms. The van der Waals surface area contributed by atoms with Gasteiger partial charge in [0.25, 0.3) is 5.91 Å². The quantitative estimate of drug-likeness (QED) is 0.831. The molecule has 1 heterocycles. The number of alkyl halides is 3. The first kappa shape index (κ1) is 16.7. The predicted octanol–water partition coefficient (Wildman–Crippen LogP) is 3.34. The van der Waals surface area contributed by atoms with Crippen LogP contribution >= 0.6 is 0 Å². The Bertz CT molecular complexity index is 834. The van der Waals surface area contributed by atoms with Gasteiger partial charge in [-0.05, 0) is 35.9 Å². The van der Waals surface area contributed by atoms with Crippen LogP contribution in [0.4, 0.5) is 13.2 Å². The molecule has 0 atom stereocenters. The van der Waals surface area contributed by atoms with Gasteiger partial charge in [0.1, 0.15) is 0 Å². The minimum Gasteiger partial charge on any atom is -0.454 e. The van der Waals surface area contributed by atoms with Gasteiger partial charge in [0, 0.05) is 5.56 Å². The number of nitrogens with one attached hydrogen (secondary N) is 2. The fourth-order valence-electron chi connectivity index (χ4n) is 2.20. The third-order valence-corrected chi connectivity index (χ3v) is 3.50. The van der Waals surface area contributed by atoms with E-state index >= 15 is 0 Å². The fraction of sp³-hybridized carbons (Fsp3) is 0.118. The van der Waals surface area contributed by atoms with E-state index in [1.165, 1.54) is 24.3 Å². The molecule has 0 fully saturated rings. The number of rotatable bonds is 4. The average Bonchev–Trinajstić information content (AvgIpc) is 3.06. The minimum atomic E-state index is -4.45. The SMILES string of the molecule is C=C(NNC(=O)c1ccc2c(c1)OCO2)c1cccc(C(F)(F)F)c1. The molecule has 1 aliphatic rings. The summed E-state index contributed by atoms with van der Waals surface area (Å²) in [6.45, 7) is 3.72. The lowest BCUT2D eigenvalue weighted by Gasteiger charge is -2.13. The van der Waals surface area contributed by atoms with Crippen LogP contribution in [0.1, 0.15) is 21.5 Å². The van der Waals surface area contributed by atoms with E-state index < -0.39 is 17.6 Å². The minimum absolute atomic E-state index is 0.0883. The van der Waals surface area contributed by atoms with Gasteiger partial charge in [-0.1, -0.05) is 18.7 Å². The molecular formula is C17H13F3N2O3. The molecule has 8 heteroatoms. The predicted molar refractivity (Wildman–Crippen MR) is 83.6 cm³/mol. The van der Waals surface area contributed by atoms with E-state index in [1.807, 2.05) is 0 Å². The van der Waals surface area contributed by atoms with E-state index in [2.05, 4.69) is 17.4 Å². The lowest BCUT2D eigenvalue weighted by Crippen LogP contribution is -2.35. The molecular weight excluding hydrogens is 337 g/mol. The molecule has 0 aliphatic carbocycles. The first-order chi connectivity index (χ1) is 11.8. The highest BCUT2D eigenvalue weighted by atomic mass is 19.4. The molecule has 5 nitrogen and oxygen atoms in total. The van der Waals surface area contributed by atoms with E-state index in [9.17, 15) is 18.0 Å². The standard InChI is InChI=1S/C17H13F3N2O3/c1-10(11-3-2-4-13(7-11)17(18,19)20)21-22-16(23)12-5-6-14-15(8-12)25-9-24-14/h2-8,21H,1,9H2,(H,22,23). The molecule has 1 aliphatic heterocycles. The van der Waals surface area contributed by atoms with Gasteiger partial charge in [-0.25, -0.2) is 0 Å². The van der Waals surface area contributed by atoms with E-state index in [0.29, 0.717) is 17.1 Å². The second-order valence-electron chi connectivity index (χ2n) is 5.20. The topological polar surface area (TPSA) is 59.6 Å². The maximum Gasteiger partial charge on any atom is 0.416 e. The Labute approximate surface area is 141 Å². The third kappa shape index (κ3) is 3.68. The molecule has 130 valence electrons. The van der Waals surface area contributed by atoms with Crippen LogP contribution in [0, 0.1) is 0 Å². The van der Waals surface area contributed by atoms with Crippen LogP contribution in [0.3, 0.4) is 0 Å². The summed E-state index contributed by atoms with van der Waals surface area (Å²) in [6.07, 6.45) is -4.45. The van der Waals surface area contributed by atoms with Crippen LogP contribution in [0.2, 0.25) is 0 Å². The Kier molecular flexibility index (Phi) is 4.26. The smallest absolute Gasteiger partial charge is 0.416 e. The van der Waals surface area contributed by atoms with Crippen LogP contribution in [0.5, 0.6) is 11.5 Å². The van der Waals surface area contributed by atoms with E-state index in [-0.39, 0.29) is 18.1 Å². The zero-order valence-electron chi connectivity index (χ0n) is 12.8. The van der Waals surface area contributed by atoms with Gasteiger partial charge >= 0.3 is 6.18 Å². The van der Waals surface area contributed by atoms with Crippen molar-refractivity contribution in [2.45, 2.75) is 6.18 Å². The number of hydrogen-bond acceptors (Lipinski definition) is 4. The summed E-state index contributed by atoms with van der Waals surface area (Å²) in [6, 6.07) is 9.27. The van der Waals surface area contributed by atoms with E-state index in [0.717, 1.165) is 12.1 Å². The van der Waals surface area contributed by atoms with Gasteiger partial charge in [-0.2, -0.15) is 13.2 Å². The molecule has 3 rings (SSSR count). The van der Waals surface area contributed by atoms with Crippen LogP contribution < -0.4 is 20.3 Å². The summed E-state index contributed by atoms with van der Waals surface area (Å²) in [5.74, 6) is 0.494. The summed E-state index contributed by atoms with van der Waals surface area (Å²) in [5.41, 5.74) is 4.73. The Morgan fingerprint density at radius 3 is 2.52 bits per heavy atom. The number of amides is 1. The number of benzene rings is 2. The highest BCUT2D eigenvalue weighted by molar-refractivity contribution is 5.95. The van der Waals surface area contributed by atoms with Crippen molar-refractivity contribution in [2.75, 3.05) is 6.79 Å². The van der Waals surface area contributed by atoms with E-state index in [4.69, 9.17) is 9.47 Å². The lowest BCUT2D eigenvalue weighted by molar-refractivity contribution is -0.137. The Hall–Kier alpha value is -3.16. The number of fused-ring (bicyclic) bond motifs is 1. The average molecular weight is 350 g/mol. The largest absolute Gasteiger partial charge is 0.454 e. The van der Waals surface area contributed by atoms with Gasteiger partial charge in [0.05, 0.1) is 11.3 Å². The summed E-state index contributed by atoms with van der Waals surface area (Å²) in [4.78, 5) is 12.1. The molecule has 0 aromatic heterocycles. The van der Waals surface area contributed by atoms with Crippen molar-refractivity contribution in [2.24, 2.45) is 0 Å². The normalized spacial score (nSPS) is 12.6. The van der Waals surface area contributed by atoms with Gasteiger partial charge in [0.2, 0.25) is 6.79 Å². The molecule has 0 saturated carbocycles. The second kappa shape index (κ2) is 6.39. The van der Waals surface area contributed by atoms with Crippen molar-refractivity contribution in [3.05, 3.63) is 65.7 Å². The van der Waals surface area contributed by atoms with Crippen molar-refractivity contribution in [3.63, 3.8) is 0 Å². The second-order valence-corrected chi connectivity index (χ2v) is 5.20. The molecule has 0 radical (unpaired) electrons. The highest BCUT2D eigenvalue weighted by Gasteiger charge is 2.30. The first-order valence-electron chi connectivity index (χ1n) is 7.17. The highest BCUT2D eigenvalue weighted by Crippen LogP contribution is 2.32. The summed E-state index contributed by atoms with van der Waals surface area (Å²) in [7, 11) is 0. The molecule has 25 heavy (non-hydrogen) atoms. The monoisotopic (exact) mass is 350 g/mol. The third-order valence-electron chi connectivity index (χ3n) is 3.50. The van der Waals surface area contributed by atoms with Crippen molar-refractivity contribution in [3.8, 4) is 11.5 Å². The van der Waals surface area contributed by atoms with Gasteiger partial charge in [-0.15, -0.1) is 0 Å². The van der Waals surface area contributed by atoms with Crippen molar-refractivity contribution < 1.29 is 27.4 Å². The first-order valence-corrected chi connectivity index (χ1v) is 7.17. The van der Waals surface area contributed by atoms with Gasteiger partial charge in [-0.3, -0.25) is 15.6 Å². The van der Waals surface area contributed by atoms with Crippen LogP contribution in [0.15, 0.2) is 49.0 Å². The molecule has 0 saturated heterocycles. The molecule has 2 aromatic rings. The lowest BCUT2D eigenvalue weighted by atomic mass is 10.1. The Morgan fingerprint density at radius 1 is 1.00 bits per heavy atom. The molecule has 2 N–H and O–H groups in total. The molecule has 1 amide bonds. The van der Waals surface area contributed by atoms with Gasteiger partial charge < -0.3 is 9.47 Å². The molecule has 0 bridgehead atoms. The van der Waals surface area contributed by atoms with Crippen LogP contribution in [0.25, 0.3) is 5.70 Å².